The lowest BCUT2D eigenvalue weighted by Crippen LogP contribution is -2.16. The molecule has 1 fully saturated rings. The van der Waals surface area contributed by atoms with Crippen LogP contribution in [0.25, 0.3) is 55.0 Å². The Bertz CT molecular complexity index is 2540. The second-order valence-corrected chi connectivity index (χ2v) is 15.6. The van der Waals surface area contributed by atoms with E-state index in [0.717, 1.165) is 39.0 Å². The molecule has 0 atom stereocenters. The van der Waals surface area contributed by atoms with Crippen molar-refractivity contribution in [1.82, 2.24) is 0 Å². The maximum Gasteiger partial charge on any atom is 0.135 e. The minimum atomic E-state index is -0.0373. The number of furan rings is 1. The summed E-state index contributed by atoms with van der Waals surface area (Å²) in [7, 11) is 0. The highest BCUT2D eigenvalue weighted by atomic mass is 16.3. The van der Waals surface area contributed by atoms with Crippen LogP contribution in [0.15, 0.2) is 156 Å². The molecule has 256 valence electrons. The number of nitrogens with zero attached hydrogens (tertiary/aromatic N) is 1. The monoisotopic (exact) mass is 675 g/mol. The molecule has 1 aliphatic rings. The maximum absolute atomic E-state index is 6.35. The van der Waals surface area contributed by atoms with Gasteiger partial charge >= 0.3 is 0 Å². The van der Waals surface area contributed by atoms with E-state index in [1.165, 1.54) is 76.3 Å². The van der Waals surface area contributed by atoms with Crippen LogP contribution in [0.5, 0.6) is 0 Å². The van der Waals surface area contributed by atoms with E-state index in [9.17, 15) is 0 Å². The van der Waals surface area contributed by atoms with Crippen molar-refractivity contribution in [2.75, 3.05) is 4.90 Å². The third kappa shape index (κ3) is 5.77. The van der Waals surface area contributed by atoms with Crippen molar-refractivity contribution in [3.63, 3.8) is 0 Å². The van der Waals surface area contributed by atoms with Gasteiger partial charge in [0.15, 0.2) is 0 Å². The van der Waals surface area contributed by atoms with Crippen LogP contribution in [0.4, 0.5) is 17.1 Å². The van der Waals surface area contributed by atoms with E-state index >= 15 is 0 Å². The highest BCUT2D eigenvalue weighted by Gasteiger charge is 2.26. The summed E-state index contributed by atoms with van der Waals surface area (Å²) in [6.45, 7) is 6.91. The second kappa shape index (κ2) is 13.2. The van der Waals surface area contributed by atoms with Gasteiger partial charge in [0.25, 0.3) is 0 Å². The van der Waals surface area contributed by atoms with Gasteiger partial charge in [-0.15, -0.1) is 0 Å². The zero-order valence-corrected chi connectivity index (χ0v) is 30.4. The Balaban J connectivity index is 1.35. The number of anilines is 3. The molecule has 0 radical (unpaired) electrons. The van der Waals surface area contributed by atoms with Crippen LogP contribution >= 0.6 is 0 Å². The number of hydrogen-bond acceptors (Lipinski definition) is 2. The fraction of sp³-hybridized carbons (Fsp3) is 0.200. The summed E-state index contributed by atoms with van der Waals surface area (Å²) >= 11 is 0. The van der Waals surface area contributed by atoms with Crippen LogP contribution < -0.4 is 4.90 Å². The summed E-state index contributed by atoms with van der Waals surface area (Å²) in [6.07, 6.45) is 6.50. The molecule has 1 aliphatic carbocycles. The zero-order chi connectivity index (χ0) is 35.2. The van der Waals surface area contributed by atoms with Crippen molar-refractivity contribution in [3.8, 4) is 22.3 Å². The van der Waals surface area contributed by atoms with Crippen LogP contribution in [0.1, 0.15) is 69.9 Å². The molecule has 1 saturated carbocycles. The Hall–Kier alpha value is -5.60. The van der Waals surface area contributed by atoms with Gasteiger partial charge in [0.1, 0.15) is 11.2 Å². The first-order chi connectivity index (χ1) is 25.4. The average Bonchev–Trinajstić information content (AvgIpc) is 3.56. The molecule has 2 heteroatoms. The predicted molar refractivity (Wildman–Crippen MR) is 221 cm³/mol. The average molecular weight is 676 g/mol. The summed E-state index contributed by atoms with van der Waals surface area (Å²) in [6, 6.07) is 55.9. The quantitative estimate of drug-likeness (QED) is 0.174. The van der Waals surface area contributed by atoms with Gasteiger partial charge in [-0.1, -0.05) is 155 Å². The van der Waals surface area contributed by atoms with Crippen LogP contribution in [-0.4, -0.2) is 0 Å². The molecule has 7 aromatic carbocycles. The summed E-state index contributed by atoms with van der Waals surface area (Å²) in [5.41, 5.74) is 12.9. The van der Waals surface area contributed by atoms with Gasteiger partial charge in [0.05, 0.1) is 11.4 Å². The highest BCUT2D eigenvalue weighted by molar-refractivity contribution is 6.08. The molecule has 0 unspecified atom stereocenters. The summed E-state index contributed by atoms with van der Waals surface area (Å²) in [5.74, 6) is 0.590. The van der Waals surface area contributed by atoms with Crippen LogP contribution in [0, 0.1) is 0 Å². The van der Waals surface area contributed by atoms with E-state index < -0.39 is 0 Å². The van der Waals surface area contributed by atoms with Crippen LogP contribution in [-0.2, 0) is 5.41 Å². The van der Waals surface area contributed by atoms with Gasteiger partial charge in [-0.2, -0.15) is 0 Å². The molecule has 1 heterocycles. The molecule has 0 saturated heterocycles. The zero-order valence-electron chi connectivity index (χ0n) is 30.4. The van der Waals surface area contributed by atoms with Crippen molar-refractivity contribution >= 4 is 49.8 Å². The smallest absolute Gasteiger partial charge is 0.135 e. The van der Waals surface area contributed by atoms with Crippen molar-refractivity contribution in [2.24, 2.45) is 0 Å². The van der Waals surface area contributed by atoms with Crippen molar-refractivity contribution in [1.29, 1.82) is 0 Å². The lowest BCUT2D eigenvalue weighted by atomic mass is 9.80. The first-order valence-corrected chi connectivity index (χ1v) is 19.0. The summed E-state index contributed by atoms with van der Waals surface area (Å²) < 4.78 is 6.35. The standard InChI is InChI=1S/C50H45NO/c1-50(2,3)37-28-30-39(34-16-6-4-7-17-34)46(32-37)51(38-29-31-48-44(33-38)42-23-11-13-27-47(42)52-48)45-26-12-10-22-41(45)43-25-15-21-36-20-14-24-40(49(36)43)35-18-8-5-9-19-35/h4,6-7,10-17,20-33,35H,5,8-9,18-19H2,1-3H3. The fourth-order valence-corrected chi connectivity index (χ4v) is 8.55. The molecule has 1 aromatic heterocycles. The Morgan fingerprint density at radius 1 is 0.538 bits per heavy atom. The van der Waals surface area contributed by atoms with E-state index in [1.807, 2.05) is 6.07 Å². The third-order valence-corrected chi connectivity index (χ3v) is 11.2. The molecule has 0 bridgehead atoms. The first-order valence-electron chi connectivity index (χ1n) is 19.0. The van der Waals surface area contributed by atoms with E-state index in [-0.39, 0.29) is 5.41 Å². The van der Waals surface area contributed by atoms with Crippen molar-refractivity contribution in [2.45, 2.75) is 64.2 Å². The van der Waals surface area contributed by atoms with E-state index in [1.54, 1.807) is 0 Å². The molecular formula is C50H45NO. The van der Waals surface area contributed by atoms with Gasteiger partial charge in [-0.05, 0) is 93.6 Å². The van der Waals surface area contributed by atoms with Gasteiger partial charge in [-0.25, -0.2) is 0 Å². The Morgan fingerprint density at radius 2 is 1.25 bits per heavy atom. The lowest BCUT2D eigenvalue weighted by Gasteiger charge is -2.32. The van der Waals surface area contributed by atoms with E-state index in [0.29, 0.717) is 5.92 Å². The van der Waals surface area contributed by atoms with Crippen molar-refractivity contribution in [3.05, 3.63) is 163 Å². The second-order valence-electron chi connectivity index (χ2n) is 15.6. The number of rotatable bonds is 6. The largest absolute Gasteiger partial charge is 0.456 e. The molecule has 0 N–H and O–H groups in total. The molecule has 8 aromatic rings. The van der Waals surface area contributed by atoms with Crippen LogP contribution in [0.3, 0.4) is 0 Å². The molecule has 52 heavy (non-hydrogen) atoms. The van der Waals surface area contributed by atoms with Gasteiger partial charge < -0.3 is 9.32 Å². The lowest BCUT2D eigenvalue weighted by molar-refractivity contribution is 0.445. The number of benzene rings is 7. The summed E-state index contributed by atoms with van der Waals surface area (Å²) in [5, 5.41) is 4.96. The molecule has 2 nitrogen and oxygen atoms in total. The Labute approximate surface area is 307 Å². The van der Waals surface area contributed by atoms with E-state index in [4.69, 9.17) is 4.42 Å². The number of hydrogen-bond donors (Lipinski definition) is 0. The number of para-hydroxylation sites is 2. The summed E-state index contributed by atoms with van der Waals surface area (Å²) in [4.78, 5) is 2.51. The molecule has 0 amide bonds. The molecule has 9 rings (SSSR count). The maximum atomic E-state index is 6.35. The topological polar surface area (TPSA) is 16.4 Å². The molecule has 0 aliphatic heterocycles. The van der Waals surface area contributed by atoms with E-state index in [2.05, 4.69) is 171 Å². The minimum Gasteiger partial charge on any atom is -0.456 e. The first kappa shape index (κ1) is 32.3. The molecule has 0 spiro atoms. The van der Waals surface area contributed by atoms with Crippen molar-refractivity contribution < 1.29 is 4.42 Å². The van der Waals surface area contributed by atoms with Gasteiger partial charge in [0, 0.05) is 27.6 Å². The minimum absolute atomic E-state index is 0.0373. The Morgan fingerprint density at radius 3 is 2.08 bits per heavy atom. The SMILES string of the molecule is CC(C)(C)c1ccc(-c2ccccc2)c(N(c2ccc3oc4ccccc4c3c2)c2ccccc2-c2cccc3cccc(C4CCCCC4)c23)c1. The van der Waals surface area contributed by atoms with Gasteiger partial charge in [-0.3, -0.25) is 0 Å². The predicted octanol–water partition coefficient (Wildman–Crippen LogP) is 14.9. The normalized spacial score (nSPS) is 14.0. The molecular weight excluding hydrogens is 631 g/mol. The third-order valence-electron chi connectivity index (χ3n) is 11.2. The van der Waals surface area contributed by atoms with Gasteiger partial charge in [0.2, 0.25) is 0 Å². The van der Waals surface area contributed by atoms with Crippen LogP contribution in [0.2, 0.25) is 0 Å². The Kier molecular flexibility index (Phi) is 8.19. The fourth-order valence-electron chi connectivity index (χ4n) is 8.55. The highest BCUT2D eigenvalue weighted by Crippen LogP contribution is 2.49. The number of fused-ring (bicyclic) bond motifs is 4.